The lowest BCUT2D eigenvalue weighted by Crippen LogP contribution is -2.14. The molecule has 0 amide bonds. The maximum Gasteiger partial charge on any atom is 0.145 e. The summed E-state index contributed by atoms with van der Waals surface area (Å²) in [5, 5.41) is 10.0. The van der Waals surface area contributed by atoms with Crippen LogP contribution in [0.15, 0.2) is 30.3 Å². The molecular weight excluding hydrogens is 294 g/mol. The van der Waals surface area contributed by atoms with E-state index >= 15 is 0 Å². The summed E-state index contributed by atoms with van der Waals surface area (Å²) < 4.78 is 14.3. The Morgan fingerprint density at radius 3 is 2.61 bits per heavy atom. The first-order chi connectivity index (χ1) is 8.56. The van der Waals surface area contributed by atoms with Crippen LogP contribution in [0.5, 0.6) is 0 Å². The summed E-state index contributed by atoms with van der Waals surface area (Å²) in [5.41, 5.74) is 0.428. The van der Waals surface area contributed by atoms with Gasteiger partial charge in [0.2, 0.25) is 0 Å². The summed E-state index contributed by atoms with van der Waals surface area (Å²) >= 11 is 12.9. The molecule has 0 radical (unpaired) electrons. The van der Waals surface area contributed by atoms with Gasteiger partial charge in [0.05, 0.1) is 15.5 Å². The number of aliphatic hydroxyl groups excluding tert-OH is 1. The minimum absolute atomic E-state index is 0.0823. The van der Waals surface area contributed by atoms with E-state index in [0.29, 0.717) is 16.3 Å². The van der Waals surface area contributed by atoms with Crippen molar-refractivity contribution in [3.05, 3.63) is 55.9 Å². The highest BCUT2D eigenvalue weighted by atomic mass is 35.5. The molecule has 1 nitrogen and oxygen atoms in total. The van der Waals surface area contributed by atoms with Crippen LogP contribution in [-0.4, -0.2) is 11.2 Å². The number of hydrogen-bond donors (Lipinski definition) is 1. The highest BCUT2D eigenvalue weighted by Gasteiger charge is 2.13. The minimum Gasteiger partial charge on any atom is -0.392 e. The number of rotatable bonds is 4. The molecule has 0 aliphatic carbocycles. The number of benzene rings is 1. The summed E-state index contributed by atoms with van der Waals surface area (Å²) in [7, 11) is 0. The summed E-state index contributed by atoms with van der Waals surface area (Å²) in [6.45, 7) is 0. The fourth-order valence-electron chi connectivity index (χ4n) is 1.73. The zero-order chi connectivity index (χ0) is 13.1. The van der Waals surface area contributed by atoms with Crippen molar-refractivity contribution >= 4 is 34.5 Å². The van der Waals surface area contributed by atoms with Crippen molar-refractivity contribution in [3.8, 4) is 0 Å². The molecule has 0 saturated heterocycles. The van der Waals surface area contributed by atoms with E-state index < -0.39 is 11.9 Å². The van der Waals surface area contributed by atoms with Crippen LogP contribution in [0.25, 0.3) is 0 Å². The van der Waals surface area contributed by atoms with Crippen molar-refractivity contribution in [3.63, 3.8) is 0 Å². The Labute approximate surface area is 119 Å². The largest absolute Gasteiger partial charge is 0.392 e. The van der Waals surface area contributed by atoms with Gasteiger partial charge >= 0.3 is 0 Å². The number of hydrogen-bond acceptors (Lipinski definition) is 2. The molecule has 5 heteroatoms. The van der Waals surface area contributed by atoms with Gasteiger partial charge in [-0.15, -0.1) is 11.3 Å². The SMILES string of the molecule is OC(Cc1ccc(Cl)s1)Cc1cccc(Cl)c1F. The van der Waals surface area contributed by atoms with Crippen LogP contribution in [0.1, 0.15) is 10.4 Å². The second-order valence-electron chi connectivity index (χ2n) is 3.98. The van der Waals surface area contributed by atoms with Gasteiger partial charge in [-0.2, -0.15) is 0 Å². The van der Waals surface area contributed by atoms with Gasteiger partial charge in [-0.05, 0) is 23.8 Å². The van der Waals surface area contributed by atoms with Crippen molar-refractivity contribution in [2.24, 2.45) is 0 Å². The highest BCUT2D eigenvalue weighted by molar-refractivity contribution is 7.16. The molecule has 0 saturated carbocycles. The van der Waals surface area contributed by atoms with E-state index in [2.05, 4.69) is 0 Å². The van der Waals surface area contributed by atoms with E-state index in [1.165, 1.54) is 17.4 Å². The third-order valence-electron chi connectivity index (χ3n) is 2.55. The molecule has 18 heavy (non-hydrogen) atoms. The first-order valence-electron chi connectivity index (χ1n) is 5.41. The van der Waals surface area contributed by atoms with Crippen molar-refractivity contribution in [2.75, 3.05) is 0 Å². The number of aliphatic hydroxyl groups is 1. The first-order valence-corrected chi connectivity index (χ1v) is 6.98. The van der Waals surface area contributed by atoms with Crippen molar-refractivity contribution < 1.29 is 9.50 Å². The third-order valence-corrected chi connectivity index (χ3v) is 4.10. The molecule has 2 aromatic rings. The first kappa shape index (κ1) is 13.8. The molecule has 1 heterocycles. The molecule has 0 fully saturated rings. The predicted molar refractivity (Wildman–Crippen MR) is 74.2 cm³/mol. The van der Waals surface area contributed by atoms with Gasteiger partial charge in [0.15, 0.2) is 0 Å². The maximum atomic E-state index is 13.6. The van der Waals surface area contributed by atoms with E-state index in [9.17, 15) is 9.50 Å². The zero-order valence-electron chi connectivity index (χ0n) is 9.37. The average Bonchev–Trinajstić information content (AvgIpc) is 2.70. The fraction of sp³-hybridized carbons (Fsp3) is 0.231. The minimum atomic E-state index is -0.646. The van der Waals surface area contributed by atoms with Crippen LogP contribution in [0.3, 0.4) is 0 Å². The molecule has 1 atom stereocenters. The van der Waals surface area contributed by atoms with Crippen LogP contribution in [-0.2, 0) is 12.8 Å². The standard InChI is InChI=1S/C13H11Cl2FOS/c14-11-3-1-2-8(13(11)16)6-9(17)7-10-4-5-12(15)18-10/h1-5,9,17H,6-7H2. The molecule has 1 unspecified atom stereocenters. The average molecular weight is 305 g/mol. The number of thiophene rings is 1. The second kappa shape index (κ2) is 6.02. The summed E-state index contributed by atoms with van der Waals surface area (Å²) in [4.78, 5) is 0.981. The Bertz CT molecular complexity index is 542. The lowest BCUT2D eigenvalue weighted by Gasteiger charge is -2.10. The molecule has 2 rings (SSSR count). The van der Waals surface area contributed by atoms with E-state index in [1.54, 1.807) is 18.2 Å². The molecule has 0 spiro atoms. The quantitative estimate of drug-likeness (QED) is 0.891. The smallest absolute Gasteiger partial charge is 0.145 e. The van der Waals surface area contributed by atoms with E-state index in [4.69, 9.17) is 23.2 Å². The van der Waals surface area contributed by atoms with Crippen LogP contribution >= 0.6 is 34.5 Å². The molecule has 1 aromatic carbocycles. The Hall–Kier alpha value is -0.610. The fourth-order valence-corrected chi connectivity index (χ4v) is 3.08. The van der Waals surface area contributed by atoms with Crippen molar-refractivity contribution in [1.29, 1.82) is 0 Å². The lowest BCUT2D eigenvalue weighted by atomic mass is 10.0. The Morgan fingerprint density at radius 2 is 1.94 bits per heavy atom. The van der Waals surface area contributed by atoms with Crippen LogP contribution < -0.4 is 0 Å². The third kappa shape index (κ3) is 3.45. The van der Waals surface area contributed by atoms with Gasteiger partial charge in [0, 0.05) is 17.7 Å². The molecule has 0 bridgehead atoms. The summed E-state index contributed by atoms with van der Waals surface area (Å²) in [5.74, 6) is -0.456. The second-order valence-corrected chi connectivity index (χ2v) is 6.19. The maximum absolute atomic E-state index is 13.6. The molecule has 1 N–H and O–H groups in total. The lowest BCUT2D eigenvalue weighted by molar-refractivity contribution is 0.175. The molecule has 96 valence electrons. The molecule has 1 aromatic heterocycles. The van der Waals surface area contributed by atoms with Gasteiger partial charge in [0.1, 0.15) is 5.82 Å². The topological polar surface area (TPSA) is 20.2 Å². The summed E-state index contributed by atoms with van der Waals surface area (Å²) in [6, 6.07) is 8.45. The molecule has 0 aliphatic heterocycles. The van der Waals surface area contributed by atoms with Gasteiger partial charge in [-0.1, -0.05) is 35.3 Å². The molecule has 0 aliphatic rings. The summed E-state index contributed by atoms with van der Waals surface area (Å²) in [6.07, 6.45) is 0.0540. The van der Waals surface area contributed by atoms with Crippen LogP contribution in [0.4, 0.5) is 4.39 Å². The van der Waals surface area contributed by atoms with Crippen molar-refractivity contribution in [2.45, 2.75) is 18.9 Å². The monoisotopic (exact) mass is 304 g/mol. The van der Waals surface area contributed by atoms with E-state index in [0.717, 1.165) is 4.88 Å². The number of halogens is 3. The van der Waals surface area contributed by atoms with E-state index in [1.807, 2.05) is 6.07 Å². The normalized spacial score (nSPS) is 12.7. The van der Waals surface area contributed by atoms with Gasteiger partial charge in [0.25, 0.3) is 0 Å². The Kier molecular flexibility index (Phi) is 4.62. The Morgan fingerprint density at radius 1 is 1.17 bits per heavy atom. The van der Waals surface area contributed by atoms with Gasteiger partial charge < -0.3 is 5.11 Å². The highest BCUT2D eigenvalue weighted by Crippen LogP contribution is 2.24. The van der Waals surface area contributed by atoms with Gasteiger partial charge in [-0.25, -0.2) is 4.39 Å². The predicted octanol–water partition coefficient (Wildman–Crippen LogP) is 4.34. The van der Waals surface area contributed by atoms with Crippen LogP contribution in [0.2, 0.25) is 9.36 Å². The Balaban J connectivity index is 2.03. The van der Waals surface area contributed by atoms with E-state index in [-0.39, 0.29) is 11.4 Å². The van der Waals surface area contributed by atoms with Crippen LogP contribution in [0, 0.1) is 5.82 Å². The molecular formula is C13H11Cl2FOS. The zero-order valence-corrected chi connectivity index (χ0v) is 11.7. The van der Waals surface area contributed by atoms with Crippen molar-refractivity contribution in [1.82, 2.24) is 0 Å². The van der Waals surface area contributed by atoms with Gasteiger partial charge in [-0.3, -0.25) is 0 Å².